The summed E-state index contributed by atoms with van der Waals surface area (Å²) in [4.78, 5) is 10.8. The van der Waals surface area contributed by atoms with Crippen LogP contribution < -0.4 is 5.32 Å². The van der Waals surface area contributed by atoms with Gasteiger partial charge in [-0.15, -0.1) is 0 Å². The quantitative estimate of drug-likeness (QED) is 0.592. The zero-order valence-electron chi connectivity index (χ0n) is 9.55. The van der Waals surface area contributed by atoms with Crippen LogP contribution in [0.25, 0.3) is 0 Å². The van der Waals surface area contributed by atoms with Crippen LogP contribution in [0.2, 0.25) is 0 Å². The Hall–Kier alpha value is -0.570. The molecule has 0 heterocycles. The van der Waals surface area contributed by atoms with Crippen molar-refractivity contribution in [2.45, 2.75) is 52.5 Å². The first-order chi connectivity index (χ1) is 6.57. The molecule has 0 fully saturated rings. The maximum Gasteiger partial charge on any atom is 0.320 e. The lowest BCUT2D eigenvalue weighted by molar-refractivity contribution is -0.139. The highest BCUT2D eigenvalue weighted by molar-refractivity contribution is 5.73. The summed E-state index contributed by atoms with van der Waals surface area (Å²) in [6.07, 6.45) is 4.00. The first-order valence-corrected chi connectivity index (χ1v) is 5.54. The monoisotopic (exact) mass is 201 g/mol. The number of carbonyl (C=O) groups is 1. The summed E-state index contributed by atoms with van der Waals surface area (Å²) in [6.45, 7) is 7.07. The number of hydrogen-bond acceptors (Lipinski definition) is 2. The van der Waals surface area contributed by atoms with Crippen LogP contribution in [0.5, 0.6) is 0 Å². The van der Waals surface area contributed by atoms with Gasteiger partial charge in [-0.3, -0.25) is 4.79 Å². The number of rotatable bonds is 8. The van der Waals surface area contributed by atoms with E-state index in [1.54, 1.807) is 0 Å². The van der Waals surface area contributed by atoms with E-state index in [9.17, 15) is 4.79 Å². The molecule has 3 nitrogen and oxygen atoms in total. The summed E-state index contributed by atoms with van der Waals surface area (Å²) in [5.74, 6) is -0.218. The normalized spacial score (nSPS) is 13.1. The van der Waals surface area contributed by atoms with E-state index in [2.05, 4.69) is 26.1 Å². The SMILES string of the molecule is CCCCCC(NCC(C)C)C(=O)O. The van der Waals surface area contributed by atoms with E-state index in [1.165, 1.54) is 0 Å². The molecule has 0 aliphatic heterocycles. The lowest BCUT2D eigenvalue weighted by Crippen LogP contribution is -2.38. The average molecular weight is 201 g/mol. The largest absolute Gasteiger partial charge is 0.480 e. The minimum atomic E-state index is -0.721. The van der Waals surface area contributed by atoms with E-state index in [0.29, 0.717) is 5.92 Å². The molecule has 0 aliphatic rings. The lowest BCUT2D eigenvalue weighted by atomic mass is 10.1. The number of nitrogens with one attached hydrogen (secondary N) is 1. The van der Waals surface area contributed by atoms with Crippen LogP contribution in [-0.4, -0.2) is 23.7 Å². The van der Waals surface area contributed by atoms with Crippen molar-refractivity contribution in [3.8, 4) is 0 Å². The molecule has 0 aromatic rings. The molecule has 0 aliphatic carbocycles. The summed E-state index contributed by atoms with van der Waals surface area (Å²) < 4.78 is 0. The zero-order chi connectivity index (χ0) is 11.0. The first-order valence-electron chi connectivity index (χ1n) is 5.54. The van der Waals surface area contributed by atoms with Gasteiger partial charge in [-0.1, -0.05) is 40.0 Å². The number of unbranched alkanes of at least 4 members (excludes halogenated alkanes) is 2. The highest BCUT2D eigenvalue weighted by atomic mass is 16.4. The van der Waals surface area contributed by atoms with Crippen molar-refractivity contribution in [3.63, 3.8) is 0 Å². The third-order valence-corrected chi connectivity index (χ3v) is 2.17. The number of carboxylic acids is 1. The van der Waals surface area contributed by atoms with Gasteiger partial charge >= 0.3 is 5.97 Å². The Kier molecular flexibility index (Phi) is 7.48. The maximum absolute atomic E-state index is 10.8. The molecule has 2 N–H and O–H groups in total. The number of hydrogen-bond donors (Lipinski definition) is 2. The van der Waals surface area contributed by atoms with Crippen LogP contribution in [0, 0.1) is 5.92 Å². The molecule has 0 rings (SSSR count). The topological polar surface area (TPSA) is 49.3 Å². The minimum Gasteiger partial charge on any atom is -0.480 e. The van der Waals surface area contributed by atoms with Crippen LogP contribution >= 0.6 is 0 Å². The van der Waals surface area contributed by atoms with Crippen LogP contribution in [0.4, 0.5) is 0 Å². The summed E-state index contributed by atoms with van der Waals surface area (Å²) in [6, 6.07) is -0.357. The van der Waals surface area contributed by atoms with Crippen LogP contribution in [0.1, 0.15) is 46.5 Å². The van der Waals surface area contributed by atoms with Crippen LogP contribution in [-0.2, 0) is 4.79 Å². The Morgan fingerprint density at radius 2 is 2.00 bits per heavy atom. The van der Waals surface area contributed by atoms with E-state index in [-0.39, 0.29) is 6.04 Å². The van der Waals surface area contributed by atoms with Crippen molar-refractivity contribution in [1.29, 1.82) is 0 Å². The standard InChI is InChI=1S/C11H23NO2/c1-4-5-6-7-10(11(13)14)12-8-9(2)3/h9-10,12H,4-8H2,1-3H3,(H,13,14). The van der Waals surface area contributed by atoms with Gasteiger partial charge in [0.05, 0.1) is 0 Å². The smallest absolute Gasteiger partial charge is 0.320 e. The van der Waals surface area contributed by atoms with E-state index in [0.717, 1.165) is 32.2 Å². The van der Waals surface area contributed by atoms with Gasteiger partial charge in [0.15, 0.2) is 0 Å². The predicted molar refractivity (Wildman–Crippen MR) is 58.4 cm³/mol. The van der Waals surface area contributed by atoms with E-state index in [1.807, 2.05) is 0 Å². The molecule has 0 amide bonds. The fraction of sp³-hybridized carbons (Fsp3) is 0.909. The molecule has 3 heteroatoms. The van der Waals surface area contributed by atoms with Crippen molar-refractivity contribution in [1.82, 2.24) is 5.32 Å². The molecule has 1 unspecified atom stereocenters. The van der Waals surface area contributed by atoms with Gasteiger partial charge < -0.3 is 10.4 Å². The molecule has 0 aromatic carbocycles. The number of carboxylic acid groups (broad SMARTS) is 1. The summed E-state index contributed by atoms with van der Waals surface area (Å²) >= 11 is 0. The zero-order valence-corrected chi connectivity index (χ0v) is 9.55. The second-order valence-corrected chi connectivity index (χ2v) is 4.19. The van der Waals surface area contributed by atoms with Gasteiger partial charge in [0.2, 0.25) is 0 Å². The Labute approximate surface area is 86.9 Å². The van der Waals surface area contributed by atoms with Crippen molar-refractivity contribution in [3.05, 3.63) is 0 Å². The van der Waals surface area contributed by atoms with Crippen molar-refractivity contribution >= 4 is 5.97 Å². The van der Waals surface area contributed by atoms with E-state index >= 15 is 0 Å². The molecule has 14 heavy (non-hydrogen) atoms. The molecule has 0 radical (unpaired) electrons. The van der Waals surface area contributed by atoms with Crippen molar-refractivity contribution in [2.75, 3.05) is 6.54 Å². The Morgan fingerprint density at radius 3 is 2.43 bits per heavy atom. The third kappa shape index (κ3) is 6.89. The Bertz CT molecular complexity index is 157. The van der Waals surface area contributed by atoms with Gasteiger partial charge in [-0.2, -0.15) is 0 Å². The molecular formula is C11H23NO2. The minimum absolute atomic E-state index is 0.357. The van der Waals surface area contributed by atoms with Gasteiger partial charge in [0, 0.05) is 0 Å². The molecule has 0 spiro atoms. The molecule has 0 bridgehead atoms. The molecule has 84 valence electrons. The molecular weight excluding hydrogens is 178 g/mol. The van der Waals surface area contributed by atoms with Gasteiger partial charge in [-0.25, -0.2) is 0 Å². The molecule has 0 saturated heterocycles. The fourth-order valence-electron chi connectivity index (χ4n) is 1.29. The Morgan fingerprint density at radius 1 is 1.36 bits per heavy atom. The van der Waals surface area contributed by atoms with Gasteiger partial charge in [0.1, 0.15) is 6.04 Å². The molecule has 0 saturated carbocycles. The lowest BCUT2D eigenvalue weighted by Gasteiger charge is -2.15. The summed E-state index contributed by atoms with van der Waals surface area (Å²) in [7, 11) is 0. The molecule has 0 aromatic heterocycles. The molecule has 1 atom stereocenters. The number of aliphatic carboxylic acids is 1. The predicted octanol–water partition coefficient (Wildman–Crippen LogP) is 2.27. The fourth-order valence-corrected chi connectivity index (χ4v) is 1.29. The second kappa shape index (κ2) is 7.80. The van der Waals surface area contributed by atoms with Crippen LogP contribution in [0.15, 0.2) is 0 Å². The summed E-state index contributed by atoms with van der Waals surface area (Å²) in [5.41, 5.74) is 0. The van der Waals surface area contributed by atoms with E-state index < -0.39 is 5.97 Å². The van der Waals surface area contributed by atoms with Crippen molar-refractivity contribution < 1.29 is 9.90 Å². The van der Waals surface area contributed by atoms with E-state index in [4.69, 9.17) is 5.11 Å². The van der Waals surface area contributed by atoms with Gasteiger partial charge in [0.25, 0.3) is 0 Å². The Balaban J connectivity index is 3.72. The van der Waals surface area contributed by atoms with Crippen molar-refractivity contribution in [2.24, 2.45) is 5.92 Å². The second-order valence-electron chi connectivity index (χ2n) is 4.19. The maximum atomic E-state index is 10.8. The summed E-state index contributed by atoms with van der Waals surface area (Å²) in [5, 5.41) is 12.0. The third-order valence-electron chi connectivity index (χ3n) is 2.17. The van der Waals surface area contributed by atoms with Gasteiger partial charge in [-0.05, 0) is 18.9 Å². The van der Waals surface area contributed by atoms with Crippen LogP contribution in [0.3, 0.4) is 0 Å². The highest BCUT2D eigenvalue weighted by Crippen LogP contribution is 2.04. The first kappa shape index (κ1) is 13.4. The highest BCUT2D eigenvalue weighted by Gasteiger charge is 2.15. The average Bonchev–Trinajstić information content (AvgIpc) is 2.10.